The van der Waals surface area contributed by atoms with Crippen molar-refractivity contribution < 1.29 is 34.3 Å². The van der Waals surface area contributed by atoms with Gasteiger partial charge >= 0.3 is 5.97 Å². The number of hydrogen-bond donors (Lipinski definition) is 3. The summed E-state index contributed by atoms with van der Waals surface area (Å²) in [7, 11) is 0. The summed E-state index contributed by atoms with van der Waals surface area (Å²) in [6, 6.07) is 0. The highest BCUT2D eigenvalue weighted by atomic mass is 16.8. The number of hydrogen-bond acceptors (Lipinski definition) is 7. The molecule has 6 rings (SSSR count). The predicted molar refractivity (Wildman–Crippen MR) is 132 cm³/mol. The van der Waals surface area contributed by atoms with Gasteiger partial charge in [0, 0.05) is 19.3 Å². The normalized spacial score (nSPS) is 55.6. The van der Waals surface area contributed by atoms with E-state index in [9.17, 15) is 20.1 Å². The minimum Gasteiger partial charge on any atom is -0.459 e. The van der Waals surface area contributed by atoms with Crippen molar-refractivity contribution in [3.63, 3.8) is 0 Å². The molecular weight excluding hydrogens is 460 g/mol. The first-order valence-electron chi connectivity index (χ1n) is 14.0. The molecule has 202 valence electrons. The Morgan fingerprint density at radius 3 is 2.53 bits per heavy atom. The number of carbonyl (C=O) groups excluding carboxylic acids is 1. The standard InChI is InChI=1S/C29H44O7/c1-15(30)34-22-14-29(25(2,3)33)35-21-13-19-23-18(8-10-27(19,5)24(21)28(22,6)36-29)26(4)9-7-17(31)11-16(26)12-20(23)32/h12,17-24,31-33H,7-11,13-14H2,1-6H3/t17-,18-,19-,20-,21-,22+,23+,24-,26-,27-,28-,29-/m0/s1. The van der Waals surface area contributed by atoms with Crippen molar-refractivity contribution in [1.29, 1.82) is 0 Å². The van der Waals surface area contributed by atoms with Crippen LogP contribution in [0.5, 0.6) is 0 Å². The molecule has 2 aliphatic heterocycles. The highest BCUT2D eigenvalue weighted by molar-refractivity contribution is 5.66. The minimum atomic E-state index is -1.27. The van der Waals surface area contributed by atoms with E-state index < -0.39 is 29.2 Å². The number of fused-ring (bicyclic) bond motifs is 10. The number of carbonyl (C=O) groups is 1. The van der Waals surface area contributed by atoms with E-state index in [1.165, 1.54) is 12.5 Å². The molecule has 0 aromatic heterocycles. The van der Waals surface area contributed by atoms with E-state index in [-0.39, 0.29) is 46.8 Å². The quantitative estimate of drug-likeness (QED) is 0.391. The molecule has 12 atom stereocenters. The van der Waals surface area contributed by atoms with E-state index in [4.69, 9.17) is 14.2 Å². The molecule has 7 nitrogen and oxygen atoms in total. The molecule has 0 amide bonds. The molecule has 3 saturated carbocycles. The Labute approximate surface area is 214 Å². The van der Waals surface area contributed by atoms with Gasteiger partial charge in [0.05, 0.1) is 18.3 Å². The van der Waals surface area contributed by atoms with Crippen LogP contribution >= 0.6 is 0 Å². The first-order valence-corrected chi connectivity index (χ1v) is 14.0. The lowest BCUT2D eigenvalue weighted by molar-refractivity contribution is -0.384. The molecule has 7 heteroatoms. The molecule has 0 aromatic carbocycles. The fraction of sp³-hybridized carbons (Fsp3) is 0.897. The van der Waals surface area contributed by atoms with E-state index in [0.717, 1.165) is 32.1 Å². The Hall–Kier alpha value is -0.990. The summed E-state index contributed by atoms with van der Waals surface area (Å²) in [5.74, 6) is -0.922. The molecule has 0 aromatic rings. The van der Waals surface area contributed by atoms with Crippen molar-refractivity contribution >= 4 is 5.97 Å². The fourth-order valence-corrected chi connectivity index (χ4v) is 10.1. The zero-order chi connectivity index (χ0) is 26.1. The Balaban J connectivity index is 1.41. The smallest absolute Gasteiger partial charge is 0.303 e. The van der Waals surface area contributed by atoms with E-state index in [2.05, 4.69) is 19.9 Å². The molecule has 0 radical (unpaired) electrons. The maximum Gasteiger partial charge on any atom is 0.303 e. The molecule has 4 aliphatic carbocycles. The van der Waals surface area contributed by atoms with Gasteiger partial charge < -0.3 is 29.5 Å². The van der Waals surface area contributed by atoms with Crippen LogP contribution in [0.15, 0.2) is 11.6 Å². The summed E-state index contributed by atoms with van der Waals surface area (Å²) in [5.41, 5.74) is -0.983. The van der Waals surface area contributed by atoms with Crippen LogP contribution in [0.25, 0.3) is 0 Å². The van der Waals surface area contributed by atoms with Crippen LogP contribution in [0, 0.1) is 34.5 Å². The Morgan fingerprint density at radius 1 is 1.14 bits per heavy atom. The monoisotopic (exact) mass is 504 g/mol. The number of esters is 1. The Morgan fingerprint density at radius 2 is 1.86 bits per heavy atom. The van der Waals surface area contributed by atoms with Crippen LogP contribution < -0.4 is 0 Å². The van der Waals surface area contributed by atoms with E-state index in [1.807, 2.05) is 6.92 Å². The molecule has 0 spiro atoms. The molecular formula is C29H44O7. The van der Waals surface area contributed by atoms with Crippen LogP contribution in [-0.4, -0.2) is 62.7 Å². The third-order valence-corrected chi connectivity index (χ3v) is 11.8. The summed E-state index contributed by atoms with van der Waals surface area (Å²) in [6.07, 6.45) is 6.07. The summed E-state index contributed by atoms with van der Waals surface area (Å²) >= 11 is 0. The highest BCUT2D eigenvalue weighted by Crippen LogP contribution is 2.72. The van der Waals surface area contributed by atoms with Gasteiger partial charge in [0.15, 0.2) is 0 Å². The number of ether oxygens (including phenoxy) is 3. The van der Waals surface area contributed by atoms with Crippen molar-refractivity contribution in [3.05, 3.63) is 11.6 Å². The van der Waals surface area contributed by atoms with Gasteiger partial charge in [-0.2, -0.15) is 0 Å². The van der Waals surface area contributed by atoms with E-state index in [0.29, 0.717) is 18.8 Å². The van der Waals surface area contributed by atoms with Gasteiger partial charge in [-0.25, -0.2) is 0 Å². The largest absolute Gasteiger partial charge is 0.459 e. The van der Waals surface area contributed by atoms with Gasteiger partial charge in [-0.05, 0) is 87.9 Å². The van der Waals surface area contributed by atoms with Crippen LogP contribution in [-0.2, 0) is 19.0 Å². The van der Waals surface area contributed by atoms with Crippen LogP contribution in [0.3, 0.4) is 0 Å². The first kappa shape index (κ1) is 25.3. The highest BCUT2D eigenvalue weighted by Gasteiger charge is 2.76. The summed E-state index contributed by atoms with van der Waals surface area (Å²) in [5, 5.41) is 33.1. The van der Waals surface area contributed by atoms with Gasteiger partial charge in [0.25, 0.3) is 0 Å². The molecule has 2 bridgehead atoms. The van der Waals surface area contributed by atoms with E-state index in [1.54, 1.807) is 13.8 Å². The zero-order valence-electron chi connectivity index (χ0n) is 22.6. The average Bonchev–Trinajstić information content (AvgIpc) is 3.18. The lowest BCUT2D eigenvalue weighted by atomic mass is 9.46. The lowest BCUT2D eigenvalue weighted by Crippen LogP contribution is -2.64. The van der Waals surface area contributed by atoms with Gasteiger partial charge in [-0.1, -0.05) is 25.5 Å². The van der Waals surface area contributed by atoms with Crippen molar-refractivity contribution in [2.75, 3.05) is 0 Å². The van der Waals surface area contributed by atoms with Crippen molar-refractivity contribution in [2.24, 2.45) is 34.5 Å². The maximum atomic E-state index is 12.1. The molecule has 3 N–H and O–H groups in total. The molecule has 2 saturated heterocycles. The van der Waals surface area contributed by atoms with Crippen molar-refractivity contribution in [1.82, 2.24) is 0 Å². The minimum absolute atomic E-state index is 0.00702. The van der Waals surface area contributed by atoms with Crippen molar-refractivity contribution in [2.45, 2.75) is 128 Å². The summed E-state index contributed by atoms with van der Waals surface area (Å²) in [4.78, 5) is 12.1. The molecule has 5 fully saturated rings. The second-order valence-corrected chi connectivity index (χ2v) is 14.1. The number of aliphatic hydroxyl groups excluding tert-OH is 2. The van der Waals surface area contributed by atoms with E-state index >= 15 is 0 Å². The third kappa shape index (κ3) is 3.13. The zero-order valence-corrected chi connectivity index (χ0v) is 22.6. The third-order valence-electron chi connectivity index (χ3n) is 11.8. The average molecular weight is 505 g/mol. The van der Waals surface area contributed by atoms with Crippen molar-refractivity contribution in [3.8, 4) is 0 Å². The van der Waals surface area contributed by atoms with Gasteiger partial charge in [-0.3, -0.25) is 4.79 Å². The first-order chi connectivity index (χ1) is 16.6. The Kier molecular flexibility index (Phi) is 5.31. The Bertz CT molecular complexity index is 987. The molecule has 2 heterocycles. The maximum absolute atomic E-state index is 12.1. The van der Waals surface area contributed by atoms with Crippen LogP contribution in [0.4, 0.5) is 0 Å². The number of rotatable bonds is 2. The second kappa shape index (κ2) is 7.56. The summed E-state index contributed by atoms with van der Waals surface area (Å²) < 4.78 is 19.3. The lowest BCUT2D eigenvalue weighted by Gasteiger charge is -2.60. The molecule has 0 unspecified atom stereocenters. The topological polar surface area (TPSA) is 105 Å². The van der Waals surface area contributed by atoms with Crippen LogP contribution in [0.2, 0.25) is 0 Å². The summed E-state index contributed by atoms with van der Waals surface area (Å²) in [6.45, 7) is 11.6. The predicted octanol–water partition coefficient (Wildman–Crippen LogP) is 3.48. The van der Waals surface area contributed by atoms with Gasteiger partial charge in [-0.15, -0.1) is 0 Å². The van der Waals surface area contributed by atoms with Gasteiger partial charge in [0.1, 0.15) is 17.3 Å². The van der Waals surface area contributed by atoms with Gasteiger partial charge in [0.2, 0.25) is 5.79 Å². The SMILES string of the molecule is CC(=O)O[C@@H]1C[C@]2(C(C)(C)O)O[C@H]3C[C@H]4[C@@H]5[C@@H](O)C=C6C[C@@H](O)CC[C@]6(C)[C@H]5CC[C@]4(C)[C@H]3[C@@]1(C)O2. The molecule has 36 heavy (non-hydrogen) atoms. The van der Waals surface area contributed by atoms with Crippen LogP contribution in [0.1, 0.15) is 86.5 Å². The molecule has 6 aliphatic rings. The second-order valence-electron chi connectivity index (χ2n) is 14.1. The number of aliphatic hydroxyl groups is 3. The fourth-order valence-electron chi connectivity index (χ4n) is 10.1.